The van der Waals surface area contributed by atoms with E-state index in [0.29, 0.717) is 30.2 Å². The number of anilines is 1. The first-order chi connectivity index (χ1) is 18.4. The lowest BCUT2D eigenvalue weighted by molar-refractivity contribution is 0.204. The number of nitrogens with one attached hydrogen (secondary N) is 1. The van der Waals surface area contributed by atoms with Crippen LogP contribution in [0.2, 0.25) is 0 Å². The molecule has 8 nitrogen and oxygen atoms in total. The third kappa shape index (κ3) is 5.32. The number of carbonyl (C=O) groups is 1. The van der Waals surface area contributed by atoms with E-state index >= 15 is 0 Å². The minimum Gasteiger partial charge on any atom is -0.497 e. The molecule has 0 aliphatic heterocycles. The molecule has 0 aliphatic rings. The fourth-order valence-corrected chi connectivity index (χ4v) is 4.94. The largest absolute Gasteiger partial charge is 0.497 e. The number of fused-ring (bicyclic) bond motifs is 1. The first-order valence-corrected chi connectivity index (χ1v) is 12.5. The first-order valence-electron chi connectivity index (χ1n) is 11.7. The summed E-state index contributed by atoms with van der Waals surface area (Å²) in [6.45, 7) is 0.474. The summed E-state index contributed by atoms with van der Waals surface area (Å²) in [6, 6.07) is 11.5. The average Bonchev–Trinajstić information content (AvgIpc) is 3.66. The molecule has 0 aliphatic carbocycles. The number of hydrogen-bond donors (Lipinski definition) is 1. The Bertz CT molecular complexity index is 1560. The standard InChI is InChI=1S/C27H24F2N4O4S/c1-35-19-6-8-25(36-2)21(13-19)24-15-33-18(16-38-27(33)31-24)9-10-32(14-20-4-3-11-37-20)26(34)30-23-7-5-17(28)12-22(23)29/h3-8,11-13,15-16H,9-10,14H2,1-2H3,(H,30,34). The summed E-state index contributed by atoms with van der Waals surface area (Å²) in [5, 5.41) is 4.51. The third-order valence-corrected chi connectivity index (χ3v) is 6.88. The SMILES string of the molecule is COc1ccc(OC)c(-c2cn3c(CCN(Cc4ccco4)C(=O)Nc4ccc(F)cc4F)csc3n2)c1. The van der Waals surface area contributed by atoms with Gasteiger partial charge in [0.05, 0.1) is 38.4 Å². The van der Waals surface area contributed by atoms with Gasteiger partial charge in [0.25, 0.3) is 0 Å². The number of ether oxygens (including phenoxy) is 2. The highest BCUT2D eigenvalue weighted by Gasteiger charge is 2.19. The van der Waals surface area contributed by atoms with E-state index in [9.17, 15) is 13.6 Å². The van der Waals surface area contributed by atoms with Crippen molar-refractivity contribution in [1.29, 1.82) is 0 Å². The van der Waals surface area contributed by atoms with Gasteiger partial charge < -0.3 is 24.1 Å². The van der Waals surface area contributed by atoms with Crippen LogP contribution in [0.4, 0.5) is 19.3 Å². The summed E-state index contributed by atoms with van der Waals surface area (Å²) in [5.41, 5.74) is 2.36. The van der Waals surface area contributed by atoms with Crippen LogP contribution < -0.4 is 14.8 Å². The Balaban J connectivity index is 1.37. The van der Waals surface area contributed by atoms with Crippen LogP contribution in [-0.2, 0) is 13.0 Å². The number of rotatable bonds is 9. The molecule has 196 valence electrons. The van der Waals surface area contributed by atoms with E-state index in [2.05, 4.69) is 5.32 Å². The van der Waals surface area contributed by atoms with E-state index in [1.165, 1.54) is 28.6 Å². The maximum Gasteiger partial charge on any atom is 0.322 e. The maximum atomic E-state index is 14.2. The van der Waals surface area contributed by atoms with E-state index in [1.807, 2.05) is 34.2 Å². The summed E-state index contributed by atoms with van der Waals surface area (Å²) < 4.78 is 45.7. The van der Waals surface area contributed by atoms with Crippen LogP contribution in [0.5, 0.6) is 11.5 Å². The predicted octanol–water partition coefficient (Wildman–Crippen LogP) is 6.23. The van der Waals surface area contributed by atoms with Gasteiger partial charge in [-0.2, -0.15) is 0 Å². The third-order valence-electron chi connectivity index (χ3n) is 5.99. The Hall–Kier alpha value is -4.38. The molecule has 38 heavy (non-hydrogen) atoms. The topological polar surface area (TPSA) is 81.2 Å². The van der Waals surface area contributed by atoms with Gasteiger partial charge in [-0.25, -0.2) is 18.6 Å². The van der Waals surface area contributed by atoms with Gasteiger partial charge in [-0.1, -0.05) is 0 Å². The number of nitrogens with zero attached hydrogens (tertiary/aromatic N) is 3. The number of carbonyl (C=O) groups excluding carboxylic acids is 1. The molecule has 0 radical (unpaired) electrons. The second-order valence-electron chi connectivity index (χ2n) is 8.38. The first kappa shape index (κ1) is 25.3. The Labute approximate surface area is 221 Å². The van der Waals surface area contributed by atoms with Crippen LogP contribution in [0.1, 0.15) is 11.5 Å². The van der Waals surface area contributed by atoms with Crippen LogP contribution in [0.25, 0.3) is 16.2 Å². The molecule has 3 heterocycles. The Morgan fingerprint density at radius 3 is 2.76 bits per heavy atom. The van der Waals surface area contributed by atoms with E-state index in [1.54, 1.807) is 26.4 Å². The predicted molar refractivity (Wildman–Crippen MR) is 140 cm³/mol. The fourth-order valence-electron chi connectivity index (χ4n) is 4.03. The minimum absolute atomic E-state index is 0.106. The lowest BCUT2D eigenvalue weighted by atomic mass is 10.1. The van der Waals surface area contributed by atoms with Crippen molar-refractivity contribution in [1.82, 2.24) is 14.3 Å². The highest BCUT2D eigenvalue weighted by atomic mass is 32.1. The number of halogens is 2. The number of imidazole rings is 1. The smallest absolute Gasteiger partial charge is 0.322 e. The molecule has 0 atom stereocenters. The average molecular weight is 539 g/mol. The van der Waals surface area contributed by atoms with Crippen molar-refractivity contribution in [2.75, 3.05) is 26.1 Å². The number of thiazole rings is 1. The van der Waals surface area contributed by atoms with E-state index in [0.717, 1.165) is 34.0 Å². The van der Waals surface area contributed by atoms with Gasteiger partial charge >= 0.3 is 6.03 Å². The molecule has 0 saturated carbocycles. The highest BCUT2D eigenvalue weighted by Crippen LogP contribution is 2.34. The molecule has 0 saturated heterocycles. The lowest BCUT2D eigenvalue weighted by Crippen LogP contribution is -2.36. The molecule has 5 aromatic rings. The van der Waals surface area contributed by atoms with Gasteiger partial charge in [0.1, 0.15) is 28.9 Å². The van der Waals surface area contributed by atoms with Crippen molar-refractivity contribution in [3.63, 3.8) is 0 Å². The zero-order valence-electron chi connectivity index (χ0n) is 20.6. The molecule has 0 spiro atoms. The quantitative estimate of drug-likeness (QED) is 0.241. The van der Waals surface area contributed by atoms with Gasteiger partial charge in [0, 0.05) is 41.9 Å². The summed E-state index contributed by atoms with van der Waals surface area (Å²) in [6.07, 6.45) is 3.93. The second kappa shape index (κ2) is 10.9. The Kier molecular flexibility index (Phi) is 7.27. The van der Waals surface area contributed by atoms with E-state index in [4.69, 9.17) is 18.9 Å². The number of benzene rings is 2. The molecule has 11 heteroatoms. The molecule has 1 N–H and O–H groups in total. The van der Waals surface area contributed by atoms with Gasteiger partial charge in [0.15, 0.2) is 4.96 Å². The maximum absolute atomic E-state index is 14.2. The van der Waals surface area contributed by atoms with E-state index < -0.39 is 17.7 Å². The van der Waals surface area contributed by atoms with Crippen LogP contribution in [-0.4, -0.2) is 41.1 Å². The van der Waals surface area contributed by atoms with Crippen molar-refractivity contribution in [2.24, 2.45) is 0 Å². The number of furan rings is 1. The van der Waals surface area contributed by atoms with Gasteiger partial charge in [-0.15, -0.1) is 11.3 Å². The zero-order valence-corrected chi connectivity index (χ0v) is 21.4. The second-order valence-corrected chi connectivity index (χ2v) is 9.21. The molecule has 5 rings (SSSR count). The fraction of sp³-hybridized carbons (Fsp3) is 0.185. The highest BCUT2D eigenvalue weighted by molar-refractivity contribution is 7.15. The van der Waals surface area contributed by atoms with Crippen molar-refractivity contribution < 1.29 is 27.5 Å². The number of urea groups is 1. The molecule has 0 unspecified atom stereocenters. The molecule has 0 bridgehead atoms. The summed E-state index contributed by atoms with van der Waals surface area (Å²) in [5.74, 6) is 0.364. The molecular formula is C27H24F2N4O4S. The molecule has 2 aromatic carbocycles. The normalized spacial score (nSPS) is 11.1. The van der Waals surface area contributed by atoms with Crippen molar-refractivity contribution in [3.05, 3.63) is 89.5 Å². The molecular weight excluding hydrogens is 514 g/mol. The lowest BCUT2D eigenvalue weighted by Gasteiger charge is -2.22. The molecule has 2 amide bonds. The van der Waals surface area contributed by atoms with Crippen LogP contribution in [0, 0.1) is 11.6 Å². The molecule has 3 aromatic heterocycles. The van der Waals surface area contributed by atoms with Crippen LogP contribution >= 0.6 is 11.3 Å². The van der Waals surface area contributed by atoms with Gasteiger partial charge in [-0.3, -0.25) is 4.40 Å². The number of aromatic nitrogens is 2. The Morgan fingerprint density at radius 1 is 1.16 bits per heavy atom. The summed E-state index contributed by atoms with van der Waals surface area (Å²) >= 11 is 1.48. The monoisotopic (exact) mass is 538 g/mol. The summed E-state index contributed by atoms with van der Waals surface area (Å²) in [7, 11) is 3.20. The van der Waals surface area contributed by atoms with Crippen molar-refractivity contribution >= 4 is 28.0 Å². The molecule has 0 fully saturated rings. The van der Waals surface area contributed by atoms with Gasteiger partial charge in [-0.05, 0) is 42.5 Å². The van der Waals surface area contributed by atoms with Crippen molar-refractivity contribution in [3.8, 4) is 22.8 Å². The van der Waals surface area contributed by atoms with E-state index in [-0.39, 0.29) is 12.2 Å². The number of methoxy groups -OCH3 is 2. The number of amides is 2. The van der Waals surface area contributed by atoms with Crippen LogP contribution in [0.15, 0.2) is 70.8 Å². The zero-order chi connectivity index (χ0) is 26.6. The van der Waals surface area contributed by atoms with Crippen LogP contribution in [0.3, 0.4) is 0 Å². The van der Waals surface area contributed by atoms with Crippen molar-refractivity contribution in [2.45, 2.75) is 13.0 Å². The number of hydrogen-bond acceptors (Lipinski definition) is 6. The Morgan fingerprint density at radius 2 is 2.03 bits per heavy atom. The minimum atomic E-state index is -0.852. The van der Waals surface area contributed by atoms with Gasteiger partial charge in [0.2, 0.25) is 0 Å². The summed E-state index contributed by atoms with van der Waals surface area (Å²) in [4.78, 5) is 20.1.